The van der Waals surface area contributed by atoms with Gasteiger partial charge in [0.1, 0.15) is 0 Å². The molecule has 3 unspecified atom stereocenters. The molecule has 0 radical (unpaired) electrons. The van der Waals surface area contributed by atoms with Gasteiger partial charge in [-0.25, -0.2) is 0 Å². The fourth-order valence-electron chi connectivity index (χ4n) is 2.66. The third-order valence-corrected chi connectivity index (χ3v) is 4.20. The van der Waals surface area contributed by atoms with E-state index < -0.39 is 6.10 Å². The molecule has 0 aliphatic carbocycles. The molecule has 2 aromatic rings. The quantitative estimate of drug-likeness (QED) is 0.824. The lowest BCUT2D eigenvalue weighted by Crippen LogP contribution is -2.38. The standard InChI is InChI=1S/C20H25NO2/c1-15(18-11-7-4-8-12-18)16(2)21-20(23)14-19(22)13-17-9-5-3-6-10-17/h3-12,15-16,19,22H,13-14H2,1-2H3,(H,21,23). The van der Waals surface area contributed by atoms with Gasteiger partial charge in [0.25, 0.3) is 0 Å². The third kappa shape index (κ3) is 5.53. The van der Waals surface area contributed by atoms with Crippen LogP contribution in [0.5, 0.6) is 0 Å². The minimum atomic E-state index is -0.656. The topological polar surface area (TPSA) is 49.3 Å². The van der Waals surface area contributed by atoms with Gasteiger partial charge in [0.05, 0.1) is 12.5 Å². The third-order valence-electron chi connectivity index (χ3n) is 4.20. The lowest BCUT2D eigenvalue weighted by Gasteiger charge is -2.22. The molecule has 3 atom stereocenters. The van der Waals surface area contributed by atoms with E-state index in [0.717, 1.165) is 5.56 Å². The normalized spacial score (nSPS) is 14.7. The van der Waals surface area contributed by atoms with Crippen molar-refractivity contribution in [3.8, 4) is 0 Å². The fraction of sp³-hybridized carbons (Fsp3) is 0.350. The first-order valence-corrected chi connectivity index (χ1v) is 8.12. The van der Waals surface area contributed by atoms with Crippen molar-refractivity contribution < 1.29 is 9.90 Å². The summed E-state index contributed by atoms with van der Waals surface area (Å²) in [6.45, 7) is 4.10. The Hall–Kier alpha value is -2.13. The predicted octanol–water partition coefficient (Wildman–Crippen LogP) is 3.29. The van der Waals surface area contributed by atoms with E-state index in [0.29, 0.717) is 6.42 Å². The molecule has 122 valence electrons. The Morgan fingerprint density at radius 2 is 1.57 bits per heavy atom. The fourth-order valence-corrected chi connectivity index (χ4v) is 2.66. The second kappa shape index (κ2) is 8.49. The molecule has 0 spiro atoms. The lowest BCUT2D eigenvalue weighted by molar-refractivity contribution is -0.123. The van der Waals surface area contributed by atoms with Gasteiger partial charge in [-0.15, -0.1) is 0 Å². The summed E-state index contributed by atoms with van der Waals surface area (Å²) in [5.74, 6) is 0.120. The molecule has 2 N–H and O–H groups in total. The number of hydrogen-bond donors (Lipinski definition) is 2. The summed E-state index contributed by atoms with van der Waals surface area (Å²) in [6.07, 6.45) is -0.0333. The van der Waals surface area contributed by atoms with E-state index in [4.69, 9.17) is 0 Å². The van der Waals surface area contributed by atoms with Crippen molar-refractivity contribution in [1.82, 2.24) is 5.32 Å². The molecule has 3 nitrogen and oxygen atoms in total. The van der Waals surface area contributed by atoms with Gasteiger partial charge in [0.2, 0.25) is 5.91 Å². The van der Waals surface area contributed by atoms with E-state index in [1.165, 1.54) is 5.56 Å². The molecule has 0 saturated heterocycles. The Labute approximate surface area is 138 Å². The number of amides is 1. The van der Waals surface area contributed by atoms with Crippen LogP contribution in [0.1, 0.15) is 37.3 Å². The molecule has 0 saturated carbocycles. The van der Waals surface area contributed by atoms with Crippen LogP contribution in [-0.4, -0.2) is 23.2 Å². The van der Waals surface area contributed by atoms with Crippen LogP contribution >= 0.6 is 0 Å². The number of nitrogens with one attached hydrogen (secondary N) is 1. The van der Waals surface area contributed by atoms with Gasteiger partial charge >= 0.3 is 0 Å². The van der Waals surface area contributed by atoms with E-state index in [-0.39, 0.29) is 24.3 Å². The number of aliphatic hydroxyl groups excluding tert-OH is 1. The molecular formula is C20H25NO2. The molecule has 0 fully saturated rings. The predicted molar refractivity (Wildman–Crippen MR) is 93.2 cm³/mol. The summed E-state index contributed by atoms with van der Waals surface area (Å²) in [5, 5.41) is 13.1. The minimum Gasteiger partial charge on any atom is -0.392 e. The summed E-state index contributed by atoms with van der Waals surface area (Å²) in [7, 11) is 0. The van der Waals surface area contributed by atoms with E-state index in [9.17, 15) is 9.90 Å². The van der Waals surface area contributed by atoms with Crippen LogP contribution in [0.2, 0.25) is 0 Å². The van der Waals surface area contributed by atoms with Gasteiger partial charge in [-0.05, 0) is 24.5 Å². The Bertz CT molecular complexity index is 598. The van der Waals surface area contributed by atoms with Crippen LogP contribution < -0.4 is 5.32 Å². The summed E-state index contributed by atoms with van der Waals surface area (Å²) in [5.41, 5.74) is 2.24. The van der Waals surface area contributed by atoms with Gasteiger partial charge in [0, 0.05) is 12.0 Å². The van der Waals surface area contributed by atoms with Crippen molar-refractivity contribution in [1.29, 1.82) is 0 Å². The minimum absolute atomic E-state index is 0.0221. The first-order chi connectivity index (χ1) is 11.1. The molecule has 23 heavy (non-hydrogen) atoms. The van der Waals surface area contributed by atoms with Crippen molar-refractivity contribution in [3.63, 3.8) is 0 Å². The van der Waals surface area contributed by atoms with Crippen LogP contribution in [0.4, 0.5) is 0 Å². The zero-order valence-corrected chi connectivity index (χ0v) is 13.8. The monoisotopic (exact) mass is 311 g/mol. The summed E-state index contributed by atoms with van der Waals surface area (Å²) < 4.78 is 0. The zero-order chi connectivity index (χ0) is 16.7. The van der Waals surface area contributed by atoms with Crippen molar-refractivity contribution >= 4 is 5.91 Å². The van der Waals surface area contributed by atoms with Crippen LogP contribution in [0.3, 0.4) is 0 Å². The molecule has 0 heterocycles. The average molecular weight is 311 g/mol. The highest BCUT2D eigenvalue weighted by molar-refractivity contribution is 5.76. The summed E-state index contributed by atoms with van der Waals surface area (Å²) in [6, 6.07) is 19.9. The van der Waals surface area contributed by atoms with Crippen molar-refractivity contribution in [2.45, 2.75) is 44.8 Å². The molecule has 0 aromatic heterocycles. The lowest BCUT2D eigenvalue weighted by atomic mass is 9.94. The number of benzene rings is 2. The Balaban J connectivity index is 1.82. The van der Waals surface area contributed by atoms with Gasteiger partial charge in [-0.1, -0.05) is 67.6 Å². The Morgan fingerprint density at radius 3 is 2.17 bits per heavy atom. The smallest absolute Gasteiger partial charge is 0.222 e. The second-order valence-corrected chi connectivity index (χ2v) is 6.10. The van der Waals surface area contributed by atoms with E-state index in [1.807, 2.05) is 55.5 Å². The van der Waals surface area contributed by atoms with Gasteiger partial charge in [-0.2, -0.15) is 0 Å². The molecule has 0 aliphatic rings. The SMILES string of the molecule is CC(NC(=O)CC(O)Cc1ccccc1)C(C)c1ccccc1. The largest absolute Gasteiger partial charge is 0.392 e. The van der Waals surface area contributed by atoms with Crippen LogP contribution in [0.15, 0.2) is 60.7 Å². The second-order valence-electron chi connectivity index (χ2n) is 6.10. The van der Waals surface area contributed by atoms with Crippen molar-refractivity contribution in [2.75, 3.05) is 0 Å². The average Bonchev–Trinajstić information content (AvgIpc) is 2.55. The Morgan fingerprint density at radius 1 is 1.00 bits per heavy atom. The van der Waals surface area contributed by atoms with E-state index >= 15 is 0 Å². The highest BCUT2D eigenvalue weighted by atomic mass is 16.3. The van der Waals surface area contributed by atoms with Crippen molar-refractivity contribution in [3.05, 3.63) is 71.8 Å². The van der Waals surface area contributed by atoms with E-state index in [2.05, 4.69) is 24.4 Å². The summed E-state index contributed by atoms with van der Waals surface area (Å²) >= 11 is 0. The highest BCUT2D eigenvalue weighted by Crippen LogP contribution is 2.18. The van der Waals surface area contributed by atoms with Gasteiger partial charge < -0.3 is 10.4 Å². The molecule has 2 aromatic carbocycles. The molecular weight excluding hydrogens is 286 g/mol. The van der Waals surface area contributed by atoms with Crippen molar-refractivity contribution in [2.24, 2.45) is 0 Å². The highest BCUT2D eigenvalue weighted by Gasteiger charge is 2.18. The number of aliphatic hydroxyl groups is 1. The molecule has 0 bridgehead atoms. The summed E-state index contributed by atoms with van der Waals surface area (Å²) in [4.78, 5) is 12.1. The van der Waals surface area contributed by atoms with Gasteiger partial charge in [-0.3, -0.25) is 4.79 Å². The number of carbonyl (C=O) groups excluding carboxylic acids is 1. The van der Waals surface area contributed by atoms with Crippen LogP contribution in [-0.2, 0) is 11.2 Å². The molecule has 2 rings (SSSR count). The first-order valence-electron chi connectivity index (χ1n) is 8.12. The first kappa shape index (κ1) is 17.2. The van der Waals surface area contributed by atoms with Crippen LogP contribution in [0, 0.1) is 0 Å². The maximum atomic E-state index is 12.1. The molecule has 3 heteroatoms. The zero-order valence-electron chi connectivity index (χ0n) is 13.8. The number of hydrogen-bond acceptors (Lipinski definition) is 2. The number of carbonyl (C=O) groups is 1. The maximum absolute atomic E-state index is 12.1. The Kier molecular flexibility index (Phi) is 6.36. The van der Waals surface area contributed by atoms with Crippen LogP contribution in [0.25, 0.3) is 0 Å². The number of rotatable bonds is 7. The maximum Gasteiger partial charge on any atom is 0.222 e. The molecule has 1 amide bonds. The van der Waals surface area contributed by atoms with Gasteiger partial charge in [0.15, 0.2) is 0 Å². The van der Waals surface area contributed by atoms with E-state index in [1.54, 1.807) is 0 Å². The molecule has 0 aliphatic heterocycles.